The molecule has 2 saturated carbocycles. The summed E-state index contributed by atoms with van der Waals surface area (Å²) in [6, 6.07) is 2.27. The van der Waals surface area contributed by atoms with Gasteiger partial charge in [0.05, 0.1) is 0 Å². The number of halogens is 1. The largest absolute Gasteiger partial charge is 0.355 e. The van der Waals surface area contributed by atoms with Crippen molar-refractivity contribution in [2.45, 2.75) is 70.0 Å². The zero-order chi connectivity index (χ0) is 16.1. The molecule has 0 radical (unpaired) electrons. The molecule has 0 aromatic carbocycles. The Balaban J connectivity index is 0.00000208. The lowest BCUT2D eigenvalue weighted by Crippen LogP contribution is -2.47. The summed E-state index contributed by atoms with van der Waals surface area (Å²) < 4.78 is 0. The highest BCUT2D eigenvalue weighted by atomic mass is 127. The molecule has 3 fully saturated rings. The smallest absolute Gasteiger partial charge is 0.191 e. The maximum absolute atomic E-state index is 4.41. The molecule has 6 heteroatoms. The summed E-state index contributed by atoms with van der Waals surface area (Å²) in [5.41, 5.74) is 0. The molecular formula is C18H36IN5. The summed E-state index contributed by atoms with van der Waals surface area (Å²) >= 11 is 0. The Bertz CT molecular complexity index is 393. The van der Waals surface area contributed by atoms with E-state index in [1.54, 1.807) is 0 Å². The molecule has 0 amide bonds. The first-order valence-electron chi connectivity index (χ1n) is 9.75. The maximum atomic E-state index is 4.41. The first-order chi connectivity index (χ1) is 11.3. The molecule has 1 atom stereocenters. The van der Waals surface area contributed by atoms with Gasteiger partial charge in [-0.3, -0.25) is 14.8 Å². The second kappa shape index (κ2) is 10.2. The lowest BCUT2D eigenvalue weighted by molar-refractivity contribution is 0.242. The average molecular weight is 449 g/mol. The molecule has 1 heterocycles. The Morgan fingerprint density at radius 1 is 1.17 bits per heavy atom. The van der Waals surface area contributed by atoms with Crippen molar-refractivity contribution in [2.24, 2.45) is 4.99 Å². The third-order valence-corrected chi connectivity index (χ3v) is 5.79. The van der Waals surface area contributed by atoms with E-state index in [1.165, 1.54) is 58.0 Å². The van der Waals surface area contributed by atoms with Gasteiger partial charge in [-0.1, -0.05) is 19.8 Å². The third-order valence-electron chi connectivity index (χ3n) is 5.79. The molecule has 0 spiro atoms. The van der Waals surface area contributed by atoms with Gasteiger partial charge in [-0.25, -0.2) is 0 Å². The zero-order valence-electron chi connectivity index (χ0n) is 15.5. The molecule has 5 nitrogen and oxygen atoms in total. The molecule has 0 aromatic rings. The van der Waals surface area contributed by atoms with Gasteiger partial charge in [-0.05, 0) is 38.6 Å². The minimum atomic E-state index is 0. The van der Waals surface area contributed by atoms with Gasteiger partial charge in [0.15, 0.2) is 5.96 Å². The van der Waals surface area contributed by atoms with Gasteiger partial charge in [-0.2, -0.15) is 0 Å². The van der Waals surface area contributed by atoms with Crippen molar-refractivity contribution in [3.05, 3.63) is 0 Å². The van der Waals surface area contributed by atoms with E-state index in [4.69, 9.17) is 0 Å². The minimum absolute atomic E-state index is 0. The van der Waals surface area contributed by atoms with E-state index < -0.39 is 0 Å². The summed E-state index contributed by atoms with van der Waals surface area (Å²) in [4.78, 5) is 9.69. The summed E-state index contributed by atoms with van der Waals surface area (Å²) in [6.07, 6.45) is 9.70. The van der Waals surface area contributed by atoms with Crippen LogP contribution in [0.4, 0.5) is 0 Å². The fraction of sp³-hybridized carbons (Fsp3) is 0.944. The van der Waals surface area contributed by atoms with E-state index in [-0.39, 0.29) is 24.0 Å². The Kier molecular flexibility index (Phi) is 8.57. The van der Waals surface area contributed by atoms with Crippen LogP contribution in [0.25, 0.3) is 0 Å². The highest BCUT2D eigenvalue weighted by Gasteiger charge is 2.30. The van der Waals surface area contributed by atoms with Crippen LogP contribution in [0, 0.1) is 0 Å². The Hall–Kier alpha value is -0.0800. The van der Waals surface area contributed by atoms with Crippen LogP contribution in [0.5, 0.6) is 0 Å². The molecule has 1 saturated heterocycles. The van der Waals surface area contributed by atoms with Crippen LogP contribution in [-0.4, -0.2) is 73.7 Å². The molecule has 3 rings (SSSR count). The van der Waals surface area contributed by atoms with E-state index in [1.807, 2.05) is 7.05 Å². The molecule has 0 bridgehead atoms. The normalized spacial score (nSPS) is 26.0. The van der Waals surface area contributed by atoms with Crippen LogP contribution in [0.3, 0.4) is 0 Å². The fourth-order valence-corrected chi connectivity index (χ4v) is 4.25. The highest BCUT2D eigenvalue weighted by molar-refractivity contribution is 14.0. The van der Waals surface area contributed by atoms with Crippen LogP contribution in [0.2, 0.25) is 0 Å². The van der Waals surface area contributed by atoms with Gasteiger partial charge < -0.3 is 10.6 Å². The SMILES string of the molecule is CCN(CCNC(=NC)NC1CCN(C2CCCC2)C1)C1CC1.I. The van der Waals surface area contributed by atoms with Gasteiger partial charge in [0.1, 0.15) is 0 Å². The first kappa shape index (κ1) is 20.2. The quantitative estimate of drug-likeness (QED) is 0.356. The van der Waals surface area contributed by atoms with Crippen molar-refractivity contribution in [2.75, 3.05) is 39.8 Å². The summed E-state index contributed by atoms with van der Waals surface area (Å²) in [5.74, 6) is 0.982. The topological polar surface area (TPSA) is 42.9 Å². The van der Waals surface area contributed by atoms with Crippen molar-refractivity contribution in [3.63, 3.8) is 0 Å². The van der Waals surface area contributed by atoms with Crippen molar-refractivity contribution in [3.8, 4) is 0 Å². The number of rotatable bonds is 7. The predicted molar refractivity (Wildman–Crippen MR) is 112 cm³/mol. The van der Waals surface area contributed by atoms with Crippen LogP contribution in [0.1, 0.15) is 51.9 Å². The summed E-state index contributed by atoms with van der Waals surface area (Å²) in [6.45, 7) is 7.99. The third kappa shape index (κ3) is 5.73. The van der Waals surface area contributed by atoms with Gasteiger partial charge in [0.25, 0.3) is 0 Å². The summed E-state index contributed by atoms with van der Waals surface area (Å²) in [5, 5.41) is 7.14. The van der Waals surface area contributed by atoms with Crippen molar-refractivity contribution in [1.29, 1.82) is 0 Å². The molecule has 1 unspecified atom stereocenters. The van der Waals surface area contributed by atoms with E-state index in [0.29, 0.717) is 6.04 Å². The molecule has 2 aliphatic carbocycles. The molecule has 24 heavy (non-hydrogen) atoms. The van der Waals surface area contributed by atoms with E-state index in [0.717, 1.165) is 37.7 Å². The Labute approximate surface area is 165 Å². The number of likely N-dealkylation sites (tertiary alicyclic amines) is 1. The van der Waals surface area contributed by atoms with Crippen LogP contribution in [0.15, 0.2) is 4.99 Å². The first-order valence-corrected chi connectivity index (χ1v) is 9.75. The second-order valence-corrected chi connectivity index (χ2v) is 7.42. The molecule has 0 aromatic heterocycles. The molecule has 1 aliphatic heterocycles. The highest BCUT2D eigenvalue weighted by Crippen LogP contribution is 2.27. The standard InChI is InChI=1S/C18H35N5.HI/c1-3-22(17-8-9-17)13-11-20-18(19-2)21-15-10-12-23(14-15)16-6-4-5-7-16;/h15-17H,3-14H2,1-2H3,(H2,19,20,21);1H. The van der Waals surface area contributed by atoms with Crippen molar-refractivity contribution in [1.82, 2.24) is 20.4 Å². The summed E-state index contributed by atoms with van der Waals surface area (Å²) in [7, 11) is 1.89. The van der Waals surface area contributed by atoms with Gasteiger partial charge >= 0.3 is 0 Å². The second-order valence-electron chi connectivity index (χ2n) is 7.42. The Morgan fingerprint density at radius 2 is 1.92 bits per heavy atom. The maximum Gasteiger partial charge on any atom is 0.191 e. The monoisotopic (exact) mass is 449 g/mol. The number of aliphatic imine (C=N–C) groups is 1. The van der Waals surface area contributed by atoms with E-state index in [9.17, 15) is 0 Å². The van der Waals surface area contributed by atoms with Crippen molar-refractivity contribution < 1.29 is 0 Å². The number of nitrogens with zero attached hydrogens (tertiary/aromatic N) is 3. The van der Waals surface area contributed by atoms with Crippen molar-refractivity contribution >= 4 is 29.9 Å². The number of guanidine groups is 1. The van der Waals surface area contributed by atoms with Gasteiger partial charge in [0.2, 0.25) is 0 Å². The molecular weight excluding hydrogens is 413 g/mol. The van der Waals surface area contributed by atoms with Gasteiger partial charge in [0, 0.05) is 51.4 Å². The number of nitrogens with one attached hydrogen (secondary N) is 2. The van der Waals surface area contributed by atoms with Crippen LogP contribution in [-0.2, 0) is 0 Å². The van der Waals surface area contributed by atoms with E-state index in [2.05, 4.69) is 32.3 Å². The number of hydrogen-bond donors (Lipinski definition) is 2. The molecule has 3 aliphatic rings. The average Bonchev–Trinajstić information content (AvgIpc) is 3.07. The predicted octanol–water partition coefficient (Wildman–Crippen LogP) is 2.27. The zero-order valence-corrected chi connectivity index (χ0v) is 17.8. The van der Waals surface area contributed by atoms with Crippen LogP contribution >= 0.6 is 24.0 Å². The van der Waals surface area contributed by atoms with Gasteiger partial charge in [-0.15, -0.1) is 24.0 Å². The number of likely N-dealkylation sites (N-methyl/N-ethyl adjacent to an activating group) is 1. The fourth-order valence-electron chi connectivity index (χ4n) is 4.25. The lowest BCUT2D eigenvalue weighted by Gasteiger charge is -2.24. The Morgan fingerprint density at radius 3 is 2.54 bits per heavy atom. The number of hydrogen-bond acceptors (Lipinski definition) is 3. The minimum Gasteiger partial charge on any atom is -0.355 e. The van der Waals surface area contributed by atoms with Crippen LogP contribution < -0.4 is 10.6 Å². The lowest BCUT2D eigenvalue weighted by atomic mass is 10.2. The molecule has 140 valence electrons. The van der Waals surface area contributed by atoms with E-state index >= 15 is 0 Å². The molecule has 2 N–H and O–H groups in total.